The standard InChI is InChI=1S/C16H16I2O2/c1-7-5-11(17)13(9(3)15(7)19)14-10(4)16(20)8(2)6-12(14)18/h5-6,19-20H,1-4H3. The zero-order chi connectivity index (χ0) is 15.2. The highest BCUT2D eigenvalue weighted by Crippen LogP contribution is 2.42. The summed E-state index contributed by atoms with van der Waals surface area (Å²) in [6, 6.07) is 3.95. The van der Waals surface area contributed by atoms with E-state index in [1.807, 2.05) is 39.8 Å². The van der Waals surface area contributed by atoms with Crippen LogP contribution in [0.5, 0.6) is 11.5 Å². The Morgan fingerprint density at radius 3 is 1.30 bits per heavy atom. The molecular weight excluding hydrogens is 478 g/mol. The van der Waals surface area contributed by atoms with E-state index in [4.69, 9.17) is 0 Å². The van der Waals surface area contributed by atoms with Crippen molar-refractivity contribution in [1.82, 2.24) is 0 Å². The zero-order valence-electron chi connectivity index (χ0n) is 11.8. The number of hydrogen-bond acceptors (Lipinski definition) is 2. The molecule has 0 aliphatic carbocycles. The highest BCUT2D eigenvalue weighted by atomic mass is 127. The van der Waals surface area contributed by atoms with Crippen LogP contribution in [0.2, 0.25) is 0 Å². The van der Waals surface area contributed by atoms with Crippen molar-refractivity contribution in [1.29, 1.82) is 0 Å². The number of aryl methyl sites for hydroxylation is 2. The summed E-state index contributed by atoms with van der Waals surface area (Å²) in [5.74, 6) is 0.659. The third kappa shape index (κ3) is 2.52. The fourth-order valence-electron chi connectivity index (χ4n) is 2.46. The molecule has 4 heteroatoms. The van der Waals surface area contributed by atoms with Gasteiger partial charge in [-0.1, -0.05) is 0 Å². The third-order valence-electron chi connectivity index (χ3n) is 3.62. The summed E-state index contributed by atoms with van der Waals surface area (Å²) < 4.78 is 2.17. The fraction of sp³-hybridized carbons (Fsp3) is 0.250. The normalized spacial score (nSPS) is 10.9. The summed E-state index contributed by atoms with van der Waals surface area (Å²) in [5, 5.41) is 20.4. The van der Waals surface area contributed by atoms with Gasteiger partial charge in [-0.25, -0.2) is 0 Å². The molecule has 0 saturated heterocycles. The number of halogens is 2. The molecule has 2 nitrogen and oxygen atoms in total. The Balaban J connectivity index is 2.90. The molecule has 0 aliphatic heterocycles. The molecule has 0 unspecified atom stereocenters. The van der Waals surface area contributed by atoms with Gasteiger partial charge in [0, 0.05) is 18.3 Å². The average Bonchev–Trinajstić information content (AvgIpc) is 2.37. The van der Waals surface area contributed by atoms with Crippen molar-refractivity contribution in [3.63, 3.8) is 0 Å². The third-order valence-corrected chi connectivity index (χ3v) is 5.32. The van der Waals surface area contributed by atoms with Gasteiger partial charge >= 0.3 is 0 Å². The van der Waals surface area contributed by atoms with Crippen molar-refractivity contribution in [3.8, 4) is 22.6 Å². The Hall–Kier alpha value is -0.500. The van der Waals surface area contributed by atoms with Crippen LogP contribution in [-0.2, 0) is 0 Å². The first-order chi connectivity index (χ1) is 9.25. The predicted molar refractivity (Wildman–Crippen MR) is 99.6 cm³/mol. The second-order valence-electron chi connectivity index (χ2n) is 5.05. The van der Waals surface area contributed by atoms with E-state index < -0.39 is 0 Å². The van der Waals surface area contributed by atoms with Gasteiger partial charge in [0.05, 0.1) is 0 Å². The van der Waals surface area contributed by atoms with E-state index >= 15 is 0 Å². The van der Waals surface area contributed by atoms with Gasteiger partial charge in [-0.05, 0) is 107 Å². The van der Waals surface area contributed by atoms with Gasteiger partial charge in [0.2, 0.25) is 0 Å². The molecule has 0 heterocycles. The molecule has 0 bridgehead atoms. The summed E-state index contributed by atoms with van der Waals surface area (Å²) in [6.45, 7) is 7.65. The van der Waals surface area contributed by atoms with Crippen molar-refractivity contribution in [3.05, 3.63) is 41.5 Å². The van der Waals surface area contributed by atoms with Crippen LogP contribution in [0, 0.1) is 34.8 Å². The van der Waals surface area contributed by atoms with Crippen molar-refractivity contribution in [2.45, 2.75) is 27.7 Å². The SMILES string of the molecule is Cc1cc(I)c(-c2c(I)cc(C)c(O)c2C)c(C)c1O. The summed E-state index contributed by atoms with van der Waals surface area (Å²) in [4.78, 5) is 0. The minimum atomic E-state index is 0.329. The highest BCUT2D eigenvalue weighted by molar-refractivity contribution is 14.1. The predicted octanol–water partition coefficient (Wildman–Crippen LogP) is 5.21. The van der Waals surface area contributed by atoms with E-state index in [1.165, 1.54) is 0 Å². The van der Waals surface area contributed by atoms with Gasteiger partial charge in [-0.3, -0.25) is 0 Å². The van der Waals surface area contributed by atoms with Gasteiger partial charge in [-0.15, -0.1) is 0 Å². The molecule has 0 radical (unpaired) electrons. The number of benzene rings is 2. The van der Waals surface area contributed by atoms with E-state index in [9.17, 15) is 10.2 Å². The summed E-state index contributed by atoms with van der Waals surface area (Å²) in [5.41, 5.74) is 5.48. The van der Waals surface area contributed by atoms with Gasteiger partial charge in [-0.2, -0.15) is 0 Å². The maximum atomic E-state index is 10.2. The molecule has 106 valence electrons. The van der Waals surface area contributed by atoms with Crippen LogP contribution < -0.4 is 0 Å². The molecule has 0 fully saturated rings. The van der Waals surface area contributed by atoms with E-state index in [-0.39, 0.29) is 0 Å². The molecule has 2 aromatic rings. The summed E-state index contributed by atoms with van der Waals surface area (Å²) in [6.07, 6.45) is 0. The van der Waals surface area contributed by atoms with Crippen LogP contribution in [0.1, 0.15) is 22.3 Å². The minimum Gasteiger partial charge on any atom is -0.507 e. The number of aromatic hydroxyl groups is 2. The lowest BCUT2D eigenvalue weighted by Gasteiger charge is -2.18. The van der Waals surface area contributed by atoms with Crippen molar-refractivity contribution in [2.75, 3.05) is 0 Å². The lowest BCUT2D eigenvalue weighted by molar-refractivity contribution is 0.465. The van der Waals surface area contributed by atoms with Crippen molar-refractivity contribution < 1.29 is 10.2 Å². The second-order valence-corrected chi connectivity index (χ2v) is 7.37. The Bertz CT molecular complexity index is 645. The molecule has 20 heavy (non-hydrogen) atoms. The first-order valence-electron chi connectivity index (χ1n) is 6.23. The maximum absolute atomic E-state index is 10.2. The average molecular weight is 494 g/mol. The second kappa shape index (κ2) is 5.71. The molecule has 0 spiro atoms. The van der Waals surface area contributed by atoms with Gasteiger partial charge in [0.15, 0.2) is 0 Å². The van der Waals surface area contributed by atoms with Crippen LogP contribution in [0.25, 0.3) is 11.1 Å². The topological polar surface area (TPSA) is 40.5 Å². The monoisotopic (exact) mass is 494 g/mol. The Kier molecular flexibility index (Phi) is 4.53. The lowest BCUT2D eigenvalue weighted by atomic mass is 9.93. The van der Waals surface area contributed by atoms with E-state index in [1.54, 1.807) is 0 Å². The lowest BCUT2D eigenvalue weighted by Crippen LogP contribution is -1.97. The highest BCUT2D eigenvalue weighted by Gasteiger charge is 2.19. The van der Waals surface area contributed by atoms with E-state index in [2.05, 4.69) is 45.2 Å². The largest absolute Gasteiger partial charge is 0.507 e. The summed E-state index contributed by atoms with van der Waals surface area (Å²) in [7, 11) is 0. The first kappa shape index (κ1) is 15.9. The molecule has 0 saturated carbocycles. The first-order valence-corrected chi connectivity index (χ1v) is 8.39. The molecule has 0 aliphatic rings. The Labute approximate surface area is 146 Å². The van der Waals surface area contributed by atoms with Gasteiger partial charge in [0.25, 0.3) is 0 Å². The van der Waals surface area contributed by atoms with Crippen LogP contribution in [0.3, 0.4) is 0 Å². The maximum Gasteiger partial charge on any atom is 0.122 e. The van der Waals surface area contributed by atoms with Crippen molar-refractivity contribution >= 4 is 45.2 Å². The van der Waals surface area contributed by atoms with Crippen LogP contribution in [0.15, 0.2) is 12.1 Å². The molecule has 2 N–H and O–H groups in total. The summed E-state index contributed by atoms with van der Waals surface area (Å²) >= 11 is 4.58. The molecule has 0 aromatic heterocycles. The zero-order valence-corrected chi connectivity index (χ0v) is 16.1. The molecule has 0 atom stereocenters. The number of rotatable bonds is 1. The Morgan fingerprint density at radius 1 is 0.700 bits per heavy atom. The molecule has 2 aromatic carbocycles. The smallest absolute Gasteiger partial charge is 0.122 e. The molecule has 0 amide bonds. The van der Waals surface area contributed by atoms with Crippen LogP contribution >= 0.6 is 45.2 Å². The quantitative estimate of drug-likeness (QED) is 0.535. The number of phenolic OH excluding ortho intramolecular Hbond substituents is 2. The van der Waals surface area contributed by atoms with Gasteiger partial charge in [0.1, 0.15) is 11.5 Å². The Morgan fingerprint density at radius 2 is 1.00 bits per heavy atom. The van der Waals surface area contributed by atoms with Crippen LogP contribution in [-0.4, -0.2) is 10.2 Å². The molecule has 2 rings (SSSR count). The minimum absolute atomic E-state index is 0.329. The molecular formula is C16H16I2O2. The fourth-order valence-corrected chi connectivity index (χ4v) is 4.74. The van der Waals surface area contributed by atoms with Crippen molar-refractivity contribution in [2.24, 2.45) is 0 Å². The van der Waals surface area contributed by atoms with Crippen LogP contribution in [0.4, 0.5) is 0 Å². The van der Waals surface area contributed by atoms with Gasteiger partial charge < -0.3 is 10.2 Å². The van der Waals surface area contributed by atoms with E-state index in [0.29, 0.717) is 11.5 Å². The van der Waals surface area contributed by atoms with E-state index in [0.717, 1.165) is 40.5 Å². The number of phenols is 2. The number of hydrogen-bond donors (Lipinski definition) is 2.